The number of benzene rings is 1. The van der Waals surface area contributed by atoms with Gasteiger partial charge in [0.25, 0.3) is 0 Å². The molecule has 0 atom stereocenters. The summed E-state index contributed by atoms with van der Waals surface area (Å²) in [6.07, 6.45) is 9.44. The van der Waals surface area contributed by atoms with Gasteiger partial charge in [-0.05, 0) is 48.9 Å². The molecule has 10 nitrogen and oxygen atoms in total. The van der Waals surface area contributed by atoms with Crippen LogP contribution in [0.1, 0.15) is 52.5 Å². The summed E-state index contributed by atoms with van der Waals surface area (Å²) in [5.41, 5.74) is 3.89. The maximum Gasteiger partial charge on any atom is 0.247 e. The van der Waals surface area contributed by atoms with Crippen molar-refractivity contribution in [3.05, 3.63) is 77.6 Å². The molecule has 0 saturated heterocycles. The summed E-state index contributed by atoms with van der Waals surface area (Å²) in [5.74, 6) is 0.0769. The predicted molar refractivity (Wildman–Crippen MR) is 125 cm³/mol. The number of hydrogen-bond donors (Lipinski definition) is 0. The number of pyridine rings is 1. The van der Waals surface area contributed by atoms with Crippen LogP contribution in [-0.4, -0.2) is 47.5 Å². The fourth-order valence-electron chi connectivity index (χ4n) is 4.32. The first-order valence-corrected chi connectivity index (χ1v) is 11.6. The monoisotopic (exact) mass is 487 g/mol. The van der Waals surface area contributed by atoms with Crippen molar-refractivity contribution in [2.45, 2.75) is 38.1 Å². The molecule has 11 heteroatoms. The Balaban J connectivity index is 1.16. The molecule has 0 amide bonds. The van der Waals surface area contributed by atoms with E-state index in [0.29, 0.717) is 18.0 Å². The van der Waals surface area contributed by atoms with Crippen LogP contribution in [0.3, 0.4) is 0 Å². The summed E-state index contributed by atoms with van der Waals surface area (Å²) in [5, 5.41) is 15.6. The molecule has 6 rings (SSSR count). The molecule has 0 bridgehead atoms. The molecule has 0 unspecified atom stereocenters. The first-order valence-electron chi connectivity index (χ1n) is 11.6. The highest BCUT2D eigenvalue weighted by Gasteiger charge is 2.24. The first-order chi connectivity index (χ1) is 17.6. The number of nitrogens with zero attached hydrogens (tertiary/aromatic N) is 7. The van der Waals surface area contributed by atoms with E-state index >= 15 is 4.39 Å². The van der Waals surface area contributed by atoms with Crippen LogP contribution in [0.15, 0.2) is 53.7 Å². The summed E-state index contributed by atoms with van der Waals surface area (Å²) in [6, 6.07) is 7.27. The van der Waals surface area contributed by atoms with Gasteiger partial charge in [0.2, 0.25) is 12.3 Å². The zero-order valence-electron chi connectivity index (χ0n) is 19.5. The third-order valence-electron chi connectivity index (χ3n) is 6.34. The Morgan fingerprint density at radius 3 is 2.83 bits per heavy atom. The highest BCUT2D eigenvalue weighted by molar-refractivity contribution is 5.94. The Morgan fingerprint density at radius 2 is 2.06 bits per heavy atom. The lowest BCUT2D eigenvalue weighted by molar-refractivity contribution is 0.0977. The molecule has 4 aromatic heterocycles. The topological polar surface area (TPSA) is 113 Å². The molecule has 1 aromatic carbocycles. The molecule has 0 aliphatic heterocycles. The largest absolute Gasteiger partial charge is 0.494 e. The Kier molecular flexibility index (Phi) is 5.51. The molecule has 0 spiro atoms. The molecule has 182 valence electrons. The van der Waals surface area contributed by atoms with Gasteiger partial charge in [0.15, 0.2) is 17.3 Å². The molecule has 4 heterocycles. The van der Waals surface area contributed by atoms with Crippen LogP contribution in [0.5, 0.6) is 5.75 Å². The number of rotatable bonds is 9. The zero-order valence-corrected chi connectivity index (χ0v) is 19.5. The minimum absolute atomic E-state index is 0.0161. The summed E-state index contributed by atoms with van der Waals surface area (Å²) >= 11 is 0. The maximum absolute atomic E-state index is 15.0. The lowest BCUT2D eigenvalue weighted by Crippen LogP contribution is -2.05. The van der Waals surface area contributed by atoms with Crippen LogP contribution in [0.4, 0.5) is 4.39 Å². The second-order valence-electron chi connectivity index (χ2n) is 8.81. The fourth-order valence-corrected chi connectivity index (χ4v) is 4.32. The van der Waals surface area contributed by atoms with Crippen LogP contribution in [-0.2, 0) is 13.0 Å². The Labute approximate surface area is 204 Å². The number of aromatic nitrogens is 7. The van der Waals surface area contributed by atoms with E-state index in [2.05, 4.69) is 37.8 Å². The van der Waals surface area contributed by atoms with Crippen molar-refractivity contribution >= 4 is 11.4 Å². The second-order valence-corrected chi connectivity index (χ2v) is 8.81. The van der Waals surface area contributed by atoms with Gasteiger partial charge >= 0.3 is 0 Å². The molecule has 1 saturated carbocycles. The number of carbonyl (C=O) groups excluding carboxylic acids is 1. The quantitative estimate of drug-likeness (QED) is 0.288. The van der Waals surface area contributed by atoms with Crippen molar-refractivity contribution < 1.29 is 18.3 Å². The van der Waals surface area contributed by atoms with Gasteiger partial charge in [0.05, 0.1) is 25.5 Å². The van der Waals surface area contributed by atoms with Gasteiger partial charge in [-0.1, -0.05) is 11.3 Å². The van der Waals surface area contributed by atoms with Gasteiger partial charge in [0, 0.05) is 29.9 Å². The molecule has 0 radical (unpaired) electrons. The fraction of sp³-hybridized carbons (Fsp3) is 0.280. The van der Waals surface area contributed by atoms with Gasteiger partial charge in [-0.3, -0.25) is 4.79 Å². The average molecular weight is 487 g/mol. The number of Topliss-reactive ketones (excluding diaryl/α,β-unsaturated/α-hetero) is 1. The second kappa shape index (κ2) is 8.99. The normalized spacial score (nSPS) is 13.4. The molecule has 1 fully saturated rings. The molecule has 0 N–H and O–H groups in total. The minimum atomic E-state index is -0.568. The third-order valence-corrected chi connectivity index (χ3v) is 6.34. The van der Waals surface area contributed by atoms with Crippen LogP contribution in [0.25, 0.3) is 17.1 Å². The van der Waals surface area contributed by atoms with E-state index in [1.807, 2.05) is 16.7 Å². The number of ether oxygens (including phenoxy) is 1. The van der Waals surface area contributed by atoms with Crippen molar-refractivity contribution in [3.8, 4) is 17.2 Å². The number of ketones is 1. The number of halogens is 1. The number of methoxy groups -OCH3 is 1. The smallest absolute Gasteiger partial charge is 0.247 e. The van der Waals surface area contributed by atoms with Crippen molar-refractivity contribution in [2.24, 2.45) is 0 Å². The molecule has 1 aliphatic carbocycles. The first kappa shape index (κ1) is 22.1. The van der Waals surface area contributed by atoms with E-state index in [-0.39, 0.29) is 41.5 Å². The summed E-state index contributed by atoms with van der Waals surface area (Å²) in [6.45, 7) is 0.381. The molecule has 36 heavy (non-hydrogen) atoms. The van der Waals surface area contributed by atoms with E-state index in [4.69, 9.17) is 9.15 Å². The van der Waals surface area contributed by atoms with Crippen LogP contribution in [0.2, 0.25) is 0 Å². The van der Waals surface area contributed by atoms with Gasteiger partial charge in [-0.15, -0.1) is 15.3 Å². The third kappa shape index (κ3) is 4.23. The number of hydrogen-bond acceptors (Lipinski definition) is 8. The lowest BCUT2D eigenvalue weighted by atomic mass is 9.99. The van der Waals surface area contributed by atoms with Gasteiger partial charge in [-0.25, -0.2) is 14.1 Å². The molecule has 1 aliphatic rings. The Bertz CT molecular complexity index is 1550. The zero-order chi connectivity index (χ0) is 24.6. The standard InChI is InChI=1S/C25H22FN7O3/c1-35-22-8-6-19(25-30-27-14-36-25)18(24(22)26)5-7-21(34)20-13-33(31-29-20)12-17-11-32-10-16(15-2-3-15)4-9-23(32)28-17/h4,6,8-11,13-15H,2-3,5,7,12H2,1H3. The summed E-state index contributed by atoms with van der Waals surface area (Å²) < 4.78 is 28.9. The molecular weight excluding hydrogens is 465 g/mol. The molecular formula is C25H22FN7O3. The number of fused-ring (bicyclic) bond motifs is 1. The van der Waals surface area contributed by atoms with E-state index < -0.39 is 5.82 Å². The number of carbonyl (C=O) groups is 1. The van der Waals surface area contributed by atoms with Gasteiger partial charge in [0.1, 0.15) is 11.3 Å². The van der Waals surface area contributed by atoms with Crippen molar-refractivity contribution in [1.29, 1.82) is 0 Å². The van der Waals surface area contributed by atoms with E-state index in [9.17, 15) is 4.79 Å². The summed E-state index contributed by atoms with van der Waals surface area (Å²) in [7, 11) is 1.38. The predicted octanol–water partition coefficient (Wildman–Crippen LogP) is 3.86. The van der Waals surface area contributed by atoms with Crippen LogP contribution < -0.4 is 4.74 Å². The lowest BCUT2D eigenvalue weighted by Gasteiger charge is -2.10. The maximum atomic E-state index is 15.0. The van der Waals surface area contributed by atoms with Crippen molar-refractivity contribution in [3.63, 3.8) is 0 Å². The summed E-state index contributed by atoms with van der Waals surface area (Å²) in [4.78, 5) is 17.5. The molecule has 5 aromatic rings. The van der Waals surface area contributed by atoms with Crippen molar-refractivity contribution in [1.82, 2.24) is 34.6 Å². The van der Waals surface area contributed by atoms with Crippen LogP contribution in [0, 0.1) is 5.82 Å². The van der Waals surface area contributed by atoms with Gasteiger partial charge in [-0.2, -0.15) is 0 Å². The SMILES string of the molecule is COc1ccc(-c2nnco2)c(CCC(=O)c2cn(Cc3cn4cc(C5CC5)ccc4n3)nn2)c1F. The Hall–Kier alpha value is -4.41. The number of imidazole rings is 1. The highest BCUT2D eigenvalue weighted by atomic mass is 19.1. The van der Waals surface area contributed by atoms with Gasteiger partial charge < -0.3 is 13.6 Å². The van der Waals surface area contributed by atoms with E-state index in [0.717, 1.165) is 11.3 Å². The van der Waals surface area contributed by atoms with Crippen molar-refractivity contribution in [2.75, 3.05) is 7.11 Å². The van der Waals surface area contributed by atoms with Crippen LogP contribution >= 0.6 is 0 Å². The minimum Gasteiger partial charge on any atom is -0.494 e. The highest BCUT2D eigenvalue weighted by Crippen LogP contribution is 2.39. The van der Waals surface area contributed by atoms with E-state index in [1.165, 1.54) is 38.0 Å². The van der Waals surface area contributed by atoms with E-state index in [1.54, 1.807) is 16.9 Å². The Morgan fingerprint density at radius 1 is 1.17 bits per heavy atom. The average Bonchev–Trinajstić information content (AvgIpc) is 3.24.